The lowest BCUT2D eigenvalue weighted by molar-refractivity contribution is -0.134. The highest BCUT2D eigenvalue weighted by Crippen LogP contribution is 2.32. The van der Waals surface area contributed by atoms with Crippen LogP contribution in [0, 0.1) is 11.3 Å². The Hall–Kier alpha value is -0.860. The number of carbonyl (C=O) groups is 2. The van der Waals surface area contributed by atoms with E-state index in [0.29, 0.717) is 6.42 Å². The summed E-state index contributed by atoms with van der Waals surface area (Å²) >= 11 is 0. The highest BCUT2D eigenvalue weighted by molar-refractivity contribution is 5.87. The van der Waals surface area contributed by atoms with E-state index in [1.165, 1.54) is 0 Å². The summed E-state index contributed by atoms with van der Waals surface area (Å²) in [6.45, 7) is 13.1. The van der Waals surface area contributed by atoms with Crippen molar-refractivity contribution in [2.24, 2.45) is 11.3 Å². The van der Waals surface area contributed by atoms with E-state index in [-0.39, 0.29) is 17.6 Å². The lowest BCUT2D eigenvalue weighted by atomic mass is 9.70. The zero-order chi connectivity index (χ0) is 13.1. The molecule has 0 atom stereocenters. The first-order valence-electron chi connectivity index (χ1n) is 5.91. The quantitative estimate of drug-likeness (QED) is 0.784. The molecular formula is C13H25NO2. The van der Waals surface area contributed by atoms with Crippen molar-refractivity contribution >= 4 is 11.7 Å². The molecule has 0 rings (SSSR count). The minimum Gasteiger partial charge on any atom is -0.350 e. The minimum atomic E-state index is -0.549. The largest absolute Gasteiger partial charge is 0.350 e. The molecule has 0 aromatic heterocycles. The van der Waals surface area contributed by atoms with E-state index in [0.717, 1.165) is 0 Å². The van der Waals surface area contributed by atoms with Gasteiger partial charge in [-0.3, -0.25) is 9.59 Å². The summed E-state index contributed by atoms with van der Waals surface area (Å²) in [4.78, 5) is 23.6. The van der Waals surface area contributed by atoms with Crippen LogP contribution >= 0.6 is 0 Å². The molecule has 3 heteroatoms. The minimum absolute atomic E-state index is 0.0121. The summed E-state index contributed by atoms with van der Waals surface area (Å²) in [7, 11) is 0. The van der Waals surface area contributed by atoms with Gasteiger partial charge in [-0.15, -0.1) is 0 Å². The number of hydrogen-bond donors (Lipinski definition) is 1. The lowest BCUT2D eigenvalue weighted by Crippen LogP contribution is -2.57. The highest BCUT2D eigenvalue weighted by Gasteiger charge is 2.43. The van der Waals surface area contributed by atoms with E-state index in [2.05, 4.69) is 5.32 Å². The summed E-state index contributed by atoms with van der Waals surface area (Å²) < 4.78 is 0. The van der Waals surface area contributed by atoms with Gasteiger partial charge in [-0.2, -0.15) is 0 Å². The molecular weight excluding hydrogens is 202 g/mol. The normalized spacial score (nSPS) is 12.8. The second-order valence-corrected chi connectivity index (χ2v) is 5.67. The Morgan fingerprint density at radius 3 is 1.88 bits per heavy atom. The van der Waals surface area contributed by atoms with E-state index >= 15 is 0 Å². The number of nitrogens with one attached hydrogen (secondary N) is 1. The molecule has 0 aromatic carbocycles. The molecule has 1 amide bonds. The van der Waals surface area contributed by atoms with Crippen molar-refractivity contribution in [2.75, 3.05) is 0 Å². The van der Waals surface area contributed by atoms with Crippen LogP contribution in [-0.2, 0) is 9.59 Å². The first kappa shape index (κ1) is 15.1. The fraction of sp³-hybridized carbons (Fsp3) is 0.846. The summed E-state index contributed by atoms with van der Waals surface area (Å²) in [6.07, 6.45) is 0.494. The van der Waals surface area contributed by atoms with Crippen molar-refractivity contribution < 1.29 is 9.59 Å². The summed E-state index contributed by atoms with van der Waals surface area (Å²) in [5.41, 5.74) is -1.08. The van der Waals surface area contributed by atoms with E-state index in [1.54, 1.807) is 0 Å². The molecule has 0 bridgehead atoms. The van der Waals surface area contributed by atoms with Crippen LogP contribution in [0.3, 0.4) is 0 Å². The van der Waals surface area contributed by atoms with Gasteiger partial charge < -0.3 is 5.32 Å². The van der Waals surface area contributed by atoms with Crippen LogP contribution in [0.4, 0.5) is 0 Å². The standard InChI is InChI=1S/C13H25NO2/c1-8-10(15)12(4,5)13(6,7)14-11(16)9(2)3/h9H,8H2,1-7H3,(H,14,16). The maximum absolute atomic E-state index is 11.9. The summed E-state index contributed by atoms with van der Waals surface area (Å²) in [5, 5.41) is 2.95. The number of rotatable bonds is 5. The zero-order valence-corrected chi connectivity index (χ0v) is 11.6. The molecule has 0 radical (unpaired) electrons. The van der Waals surface area contributed by atoms with Gasteiger partial charge in [0.1, 0.15) is 5.78 Å². The monoisotopic (exact) mass is 227 g/mol. The maximum atomic E-state index is 11.9. The third-order valence-corrected chi connectivity index (χ3v) is 3.54. The average Bonchev–Trinajstić information content (AvgIpc) is 2.15. The van der Waals surface area contributed by atoms with Crippen LogP contribution in [0.25, 0.3) is 0 Å². The highest BCUT2D eigenvalue weighted by atomic mass is 16.2. The summed E-state index contributed by atoms with van der Waals surface area (Å²) in [5.74, 6) is 0.0929. The molecule has 0 heterocycles. The smallest absolute Gasteiger partial charge is 0.222 e. The van der Waals surface area contributed by atoms with Gasteiger partial charge in [0.05, 0.1) is 0 Å². The number of Topliss-reactive ketones (excluding diaryl/α,β-unsaturated/α-hetero) is 1. The molecule has 0 unspecified atom stereocenters. The Kier molecular flexibility index (Phi) is 4.71. The average molecular weight is 227 g/mol. The predicted molar refractivity (Wildman–Crippen MR) is 66.1 cm³/mol. The van der Waals surface area contributed by atoms with Gasteiger partial charge in [0.2, 0.25) is 5.91 Å². The first-order valence-corrected chi connectivity index (χ1v) is 5.91. The molecule has 0 aliphatic heterocycles. The third-order valence-electron chi connectivity index (χ3n) is 3.54. The maximum Gasteiger partial charge on any atom is 0.222 e. The molecule has 0 spiro atoms. The van der Waals surface area contributed by atoms with E-state index in [1.807, 2.05) is 48.5 Å². The van der Waals surface area contributed by atoms with Gasteiger partial charge >= 0.3 is 0 Å². The Morgan fingerprint density at radius 1 is 1.12 bits per heavy atom. The van der Waals surface area contributed by atoms with Crippen molar-refractivity contribution in [1.29, 1.82) is 0 Å². The van der Waals surface area contributed by atoms with Gasteiger partial charge in [0, 0.05) is 23.3 Å². The molecule has 0 aromatic rings. The molecule has 94 valence electrons. The van der Waals surface area contributed by atoms with Crippen LogP contribution < -0.4 is 5.32 Å². The van der Waals surface area contributed by atoms with Crippen molar-refractivity contribution in [3.05, 3.63) is 0 Å². The number of carbonyl (C=O) groups excluding carboxylic acids is 2. The van der Waals surface area contributed by atoms with Gasteiger partial charge in [-0.25, -0.2) is 0 Å². The molecule has 0 saturated carbocycles. The van der Waals surface area contributed by atoms with Crippen LogP contribution in [0.5, 0.6) is 0 Å². The SMILES string of the molecule is CCC(=O)C(C)(C)C(C)(C)NC(=O)C(C)C. The van der Waals surface area contributed by atoms with E-state index < -0.39 is 11.0 Å². The molecule has 0 saturated heterocycles. The van der Waals surface area contributed by atoms with E-state index in [4.69, 9.17) is 0 Å². The molecule has 0 aliphatic carbocycles. The molecule has 0 fully saturated rings. The second kappa shape index (κ2) is 4.98. The van der Waals surface area contributed by atoms with Crippen molar-refractivity contribution in [2.45, 2.75) is 60.4 Å². The number of amides is 1. The van der Waals surface area contributed by atoms with Crippen molar-refractivity contribution in [3.63, 3.8) is 0 Å². The Bertz CT molecular complexity index is 278. The first-order chi connectivity index (χ1) is 7.06. The number of ketones is 1. The topological polar surface area (TPSA) is 46.2 Å². The number of hydrogen-bond acceptors (Lipinski definition) is 2. The fourth-order valence-electron chi connectivity index (χ4n) is 1.40. The van der Waals surface area contributed by atoms with Crippen LogP contribution in [-0.4, -0.2) is 17.2 Å². The zero-order valence-electron chi connectivity index (χ0n) is 11.6. The molecule has 0 aliphatic rings. The third kappa shape index (κ3) is 3.06. The molecule has 1 N–H and O–H groups in total. The summed E-state index contributed by atoms with van der Waals surface area (Å²) in [6, 6.07) is 0. The van der Waals surface area contributed by atoms with Gasteiger partial charge in [-0.05, 0) is 13.8 Å². The van der Waals surface area contributed by atoms with Crippen LogP contribution in [0.15, 0.2) is 0 Å². The Morgan fingerprint density at radius 2 is 1.56 bits per heavy atom. The van der Waals surface area contributed by atoms with Gasteiger partial charge in [0.25, 0.3) is 0 Å². The Labute approximate surface area is 99.0 Å². The predicted octanol–water partition coefficient (Wildman–Crippen LogP) is 2.54. The van der Waals surface area contributed by atoms with Gasteiger partial charge in [0.15, 0.2) is 0 Å². The second-order valence-electron chi connectivity index (χ2n) is 5.67. The van der Waals surface area contributed by atoms with Crippen molar-refractivity contribution in [1.82, 2.24) is 5.32 Å². The van der Waals surface area contributed by atoms with Crippen molar-refractivity contribution in [3.8, 4) is 0 Å². The molecule has 3 nitrogen and oxygen atoms in total. The van der Waals surface area contributed by atoms with Gasteiger partial charge in [-0.1, -0.05) is 34.6 Å². The Balaban J connectivity index is 4.90. The fourth-order valence-corrected chi connectivity index (χ4v) is 1.40. The lowest BCUT2D eigenvalue weighted by Gasteiger charge is -2.41. The molecule has 16 heavy (non-hydrogen) atoms. The van der Waals surface area contributed by atoms with Crippen LogP contribution in [0.1, 0.15) is 54.9 Å². The van der Waals surface area contributed by atoms with E-state index in [9.17, 15) is 9.59 Å². The van der Waals surface area contributed by atoms with Crippen LogP contribution in [0.2, 0.25) is 0 Å².